The summed E-state index contributed by atoms with van der Waals surface area (Å²) in [7, 11) is 0. The van der Waals surface area contributed by atoms with Crippen molar-refractivity contribution in [2.45, 2.75) is 70.0 Å². The van der Waals surface area contributed by atoms with E-state index in [0.717, 1.165) is 19.3 Å². The standard InChI is InChI=1S/C13H20F4O/c14-10-4-1-8(2-5-10)9-3-6-12(11(15)7-9)18-13(16)17/h8-13H,1-7H2. The third-order valence-electron chi connectivity index (χ3n) is 4.40. The van der Waals surface area contributed by atoms with Gasteiger partial charge in [-0.3, -0.25) is 0 Å². The Morgan fingerprint density at radius 1 is 0.833 bits per heavy atom. The summed E-state index contributed by atoms with van der Waals surface area (Å²) in [6, 6.07) is 0. The first-order chi connectivity index (χ1) is 8.56. The normalized spacial score (nSPS) is 42.2. The van der Waals surface area contributed by atoms with Gasteiger partial charge < -0.3 is 4.74 Å². The predicted octanol–water partition coefficient (Wildman–Crippen LogP) is 4.26. The highest BCUT2D eigenvalue weighted by molar-refractivity contribution is 4.86. The molecule has 0 bridgehead atoms. The maximum atomic E-state index is 13.8. The SMILES string of the molecule is FC1CCC(C2CCC(OC(F)F)C(F)C2)CC1. The van der Waals surface area contributed by atoms with E-state index < -0.39 is 25.1 Å². The predicted molar refractivity (Wildman–Crippen MR) is 60.0 cm³/mol. The van der Waals surface area contributed by atoms with E-state index in [2.05, 4.69) is 4.74 Å². The zero-order valence-corrected chi connectivity index (χ0v) is 10.3. The molecule has 0 amide bonds. The molecule has 0 aromatic rings. The quantitative estimate of drug-likeness (QED) is 0.695. The van der Waals surface area contributed by atoms with Gasteiger partial charge in [-0.25, -0.2) is 8.78 Å². The lowest BCUT2D eigenvalue weighted by molar-refractivity contribution is -0.189. The van der Waals surface area contributed by atoms with E-state index in [1.807, 2.05) is 0 Å². The molecule has 5 heteroatoms. The van der Waals surface area contributed by atoms with Gasteiger partial charge in [-0.05, 0) is 56.8 Å². The van der Waals surface area contributed by atoms with Gasteiger partial charge in [0.2, 0.25) is 0 Å². The lowest BCUT2D eigenvalue weighted by Crippen LogP contribution is -2.37. The van der Waals surface area contributed by atoms with Gasteiger partial charge in [0, 0.05) is 0 Å². The number of ether oxygens (including phenoxy) is 1. The molecule has 0 saturated heterocycles. The number of hydrogen-bond donors (Lipinski definition) is 0. The zero-order valence-electron chi connectivity index (χ0n) is 10.3. The maximum absolute atomic E-state index is 13.8. The van der Waals surface area contributed by atoms with Crippen molar-refractivity contribution in [3.63, 3.8) is 0 Å². The van der Waals surface area contributed by atoms with Crippen LogP contribution in [0.25, 0.3) is 0 Å². The first-order valence-corrected chi connectivity index (χ1v) is 6.78. The Hall–Kier alpha value is -0.320. The zero-order chi connectivity index (χ0) is 13.1. The van der Waals surface area contributed by atoms with E-state index in [4.69, 9.17) is 0 Å². The smallest absolute Gasteiger partial charge is 0.317 e. The number of alkyl halides is 4. The Kier molecular flexibility index (Phi) is 4.87. The molecular formula is C13H20F4O. The average Bonchev–Trinajstić information content (AvgIpc) is 2.32. The van der Waals surface area contributed by atoms with Crippen molar-refractivity contribution in [1.82, 2.24) is 0 Å². The van der Waals surface area contributed by atoms with Crippen LogP contribution in [0.15, 0.2) is 0 Å². The van der Waals surface area contributed by atoms with E-state index >= 15 is 0 Å². The first kappa shape index (κ1) is 14.1. The van der Waals surface area contributed by atoms with Crippen LogP contribution in [0.5, 0.6) is 0 Å². The lowest BCUT2D eigenvalue weighted by Gasteiger charge is -2.37. The molecule has 0 aliphatic heterocycles. The van der Waals surface area contributed by atoms with E-state index in [9.17, 15) is 17.6 Å². The van der Waals surface area contributed by atoms with Crippen LogP contribution < -0.4 is 0 Å². The molecule has 1 nitrogen and oxygen atoms in total. The van der Waals surface area contributed by atoms with Gasteiger partial charge in [-0.2, -0.15) is 8.78 Å². The van der Waals surface area contributed by atoms with Crippen molar-refractivity contribution in [1.29, 1.82) is 0 Å². The summed E-state index contributed by atoms with van der Waals surface area (Å²) < 4.78 is 55.2. The van der Waals surface area contributed by atoms with Crippen LogP contribution in [-0.4, -0.2) is 25.1 Å². The highest BCUT2D eigenvalue weighted by Crippen LogP contribution is 2.40. The van der Waals surface area contributed by atoms with Crippen LogP contribution in [0.1, 0.15) is 44.9 Å². The summed E-state index contributed by atoms with van der Waals surface area (Å²) in [4.78, 5) is 0. The second kappa shape index (κ2) is 6.22. The van der Waals surface area contributed by atoms with E-state index in [1.54, 1.807) is 0 Å². The molecule has 0 heterocycles. The second-order valence-corrected chi connectivity index (χ2v) is 5.54. The molecule has 2 aliphatic rings. The largest absolute Gasteiger partial charge is 0.345 e. The molecule has 2 aliphatic carbocycles. The molecule has 3 unspecified atom stereocenters. The highest BCUT2D eigenvalue weighted by atomic mass is 19.3. The van der Waals surface area contributed by atoms with Crippen molar-refractivity contribution < 1.29 is 22.3 Å². The maximum Gasteiger partial charge on any atom is 0.345 e. The molecule has 0 aromatic carbocycles. The lowest BCUT2D eigenvalue weighted by atomic mass is 9.72. The molecule has 106 valence electrons. The van der Waals surface area contributed by atoms with Gasteiger partial charge in [0.05, 0.1) is 6.10 Å². The van der Waals surface area contributed by atoms with Crippen molar-refractivity contribution in [2.24, 2.45) is 11.8 Å². The number of rotatable bonds is 3. The average molecular weight is 268 g/mol. The van der Waals surface area contributed by atoms with Gasteiger partial charge in [-0.1, -0.05) is 0 Å². The summed E-state index contributed by atoms with van der Waals surface area (Å²) in [6.07, 6.45) is 1.13. The Balaban J connectivity index is 1.80. The minimum atomic E-state index is -2.90. The molecule has 18 heavy (non-hydrogen) atoms. The third-order valence-corrected chi connectivity index (χ3v) is 4.40. The van der Waals surface area contributed by atoms with Crippen LogP contribution in [0, 0.1) is 11.8 Å². The summed E-state index contributed by atoms with van der Waals surface area (Å²) in [5, 5.41) is 0. The summed E-state index contributed by atoms with van der Waals surface area (Å²) >= 11 is 0. The molecule has 0 radical (unpaired) electrons. The van der Waals surface area contributed by atoms with Crippen LogP contribution in [0.2, 0.25) is 0 Å². The summed E-state index contributed by atoms with van der Waals surface area (Å²) in [5.41, 5.74) is 0. The molecule has 0 spiro atoms. The fourth-order valence-electron chi connectivity index (χ4n) is 3.38. The van der Waals surface area contributed by atoms with E-state index in [1.165, 1.54) is 0 Å². The number of hydrogen-bond acceptors (Lipinski definition) is 1. The molecule has 3 atom stereocenters. The highest BCUT2D eigenvalue weighted by Gasteiger charge is 2.37. The van der Waals surface area contributed by atoms with Gasteiger partial charge >= 0.3 is 6.61 Å². The molecule has 0 aromatic heterocycles. The molecule has 2 fully saturated rings. The minimum absolute atomic E-state index is 0.213. The second-order valence-electron chi connectivity index (χ2n) is 5.54. The van der Waals surface area contributed by atoms with Gasteiger partial charge in [0.15, 0.2) is 0 Å². The third kappa shape index (κ3) is 3.59. The molecule has 2 rings (SSSR count). The number of halogens is 4. The Labute approximate surface area is 105 Å². The van der Waals surface area contributed by atoms with Crippen molar-refractivity contribution >= 4 is 0 Å². The van der Waals surface area contributed by atoms with Crippen LogP contribution in [0.3, 0.4) is 0 Å². The molecule has 0 N–H and O–H groups in total. The van der Waals surface area contributed by atoms with Crippen molar-refractivity contribution in [3.05, 3.63) is 0 Å². The Morgan fingerprint density at radius 2 is 1.44 bits per heavy atom. The van der Waals surface area contributed by atoms with Gasteiger partial charge in [0.25, 0.3) is 0 Å². The van der Waals surface area contributed by atoms with Crippen LogP contribution in [0.4, 0.5) is 17.6 Å². The van der Waals surface area contributed by atoms with Crippen LogP contribution >= 0.6 is 0 Å². The fraction of sp³-hybridized carbons (Fsp3) is 1.00. The summed E-state index contributed by atoms with van der Waals surface area (Å²) in [5.74, 6) is 0.577. The monoisotopic (exact) mass is 268 g/mol. The van der Waals surface area contributed by atoms with E-state index in [0.29, 0.717) is 31.6 Å². The van der Waals surface area contributed by atoms with Crippen molar-refractivity contribution in [3.8, 4) is 0 Å². The fourth-order valence-corrected chi connectivity index (χ4v) is 3.38. The Bertz CT molecular complexity index is 253. The Morgan fingerprint density at radius 3 is 2.00 bits per heavy atom. The minimum Gasteiger partial charge on any atom is -0.317 e. The first-order valence-electron chi connectivity index (χ1n) is 6.78. The van der Waals surface area contributed by atoms with E-state index in [-0.39, 0.29) is 5.92 Å². The van der Waals surface area contributed by atoms with Gasteiger partial charge in [-0.15, -0.1) is 0 Å². The summed E-state index contributed by atoms with van der Waals surface area (Å²) in [6.45, 7) is -2.90. The molecular weight excluding hydrogens is 248 g/mol. The topological polar surface area (TPSA) is 9.23 Å². The van der Waals surface area contributed by atoms with Gasteiger partial charge in [0.1, 0.15) is 12.3 Å². The van der Waals surface area contributed by atoms with Crippen LogP contribution in [-0.2, 0) is 4.74 Å². The van der Waals surface area contributed by atoms with Crippen molar-refractivity contribution in [2.75, 3.05) is 0 Å². The molecule has 2 saturated carbocycles.